The Morgan fingerprint density at radius 3 is 2.78 bits per heavy atom. The second-order valence-corrected chi connectivity index (χ2v) is 5.54. The van der Waals surface area contributed by atoms with E-state index in [0.717, 1.165) is 23.4 Å². The zero-order chi connectivity index (χ0) is 13.5. The van der Waals surface area contributed by atoms with Gasteiger partial charge in [-0.3, -0.25) is 0 Å². The van der Waals surface area contributed by atoms with Gasteiger partial charge in [-0.1, -0.05) is 0 Å². The topological polar surface area (TPSA) is 29.3 Å². The van der Waals surface area contributed by atoms with Crippen molar-refractivity contribution in [2.24, 2.45) is 5.73 Å². The van der Waals surface area contributed by atoms with Crippen LogP contribution in [0.1, 0.15) is 18.9 Å². The van der Waals surface area contributed by atoms with Crippen molar-refractivity contribution in [1.82, 2.24) is 0 Å². The molecule has 1 unspecified atom stereocenters. The SMILES string of the molecule is CSCCC(C)N(C)c1ccc(F)cc1CCN. The van der Waals surface area contributed by atoms with E-state index in [-0.39, 0.29) is 5.82 Å². The Balaban J connectivity index is 2.86. The first-order valence-electron chi connectivity index (χ1n) is 6.30. The molecule has 1 atom stereocenters. The minimum atomic E-state index is -0.188. The highest BCUT2D eigenvalue weighted by Crippen LogP contribution is 2.24. The van der Waals surface area contributed by atoms with Crippen molar-refractivity contribution >= 4 is 17.4 Å². The number of benzene rings is 1. The summed E-state index contributed by atoms with van der Waals surface area (Å²) in [6.45, 7) is 2.75. The maximum absolute atomic E-state index is 13.3. The Morgan fingerprint density at radius 2 is 2.17 bits per heavy atom. The fourth-order valence-electron chi connectivity index (χ4n) is 1.97. The quantitative estimate of drug-likeness (QED) is 0.826. The fraction of sp³-hybridized carbons (Fsp3) is 0.571. The first-order chi connectivity index (χ1) is 8.60. The summed E-state index contributed by atoms with van der Waals surface area (Å²) in [6, 6.07) is 5.42. The maximum atomic E-state index is 13.3. The molecule has 0 heterocycles. The normalized spacial score (nSPS) is 12.5. The first-order valence-corrected chi connectivity index (χ1v) is 7.69. The molecule has 0 radical (unpaired) electrons. The Morgan fingerprint density at radius 1 is 1.44 bits per heavy atom. The van der Waals surface area contributed by atoms with Crippen LogP contribution in [0, 0.1) is 5.82 Å². The van der Waals surface area contributed by atoms with Gasteiger partial charge in [0, 0.05) is 18.8 Å². The molecule has 1 aromatic carbocycles. The molecule has 1 aromatic rings. The van der Waals surface area contributed by atoms with E-state index in [1.165, 1.54) is 6.07 Å². The van der Waals surface area contributed by atoms with Gasteiger partial charge in [0.2, 0.25) is 0 Å². The molecule has 2 nitrogen and oxygen atoms in total. The third kappa shape index (κ3) is 4.18. The highest BCUT2D eigenvalue weighted by Gasteiger charge is 2.13. The Labute approximate surface area is 114 Å². The number of rotatable bonds is 7. The predicted molar refractivity (Wildman–Crippen MR) is 80.0 cm³/mol. The molecule has 1 rings (SSSR count). The minimum Gasteiger partial charge on any atom is -0.372 e. The summed E-state index contributed by atoms with van der Waals surface area (Å²) in [4.78, 5) is 2.22. The molecule has 0 saturated heterocycles. The lowest BCUT2D eigenvalue weighted by molar-refractivity contribution is 0.622. The molecule has 0 aliphatic heterocycles. The van der Waals surface area contributed by atoms with Gasteiger partial charge in [-0.05, 0) is 62.1 Å². The Hall–Kier alpha value is -0.740. The van der Waals surface area contributed by atoms with Crippen LogP contribution in [0.5, 0.6) is 0 Å². The van der Waals surface area contributed by atoms with E-state index in [1.807, 2.05) is 17.8 Å². The van der Waals surface area contributed by atoms with Crippen LogP contribution in [-0.4, -0.2) is 31.6 Å². The molecule has 0 aromatic heterocycles. The molecule has 2 N–H and O–H groups in total. The number of anilines is 1. The van der Waals surface area contributed by atoms with Crippen molar-refractivity contribution in [1.29, 1.82) is 0 Å². The fourth-order valence-corrected chi connectivity index (χ4v) is 2.55. The van der Waals surface area contributed by atoms with Gasteiger partial charge < -0.3 is 10.6 Å². The lowest BCUT2D eigenvalue weighted by atomic mass is 10.1. The van der Waals surface area contributed by atoms with Gasteiger partial charge >= 0.3 is 0 Å². The van der Waals surface area contributed by atoms with Gasteiger partial charge in [0.05, 0.1) is 0 Å². The standard InChI is InChI=1S/C14H23FN2S/c1-11(7-9-18-3)17(2)14-5-4-13(15)10-12(14)6-8-16/h4-5,10-11H,6-9,16H2,1-3H3. The summed E-state index contributed by atoms with van der Waals surface area (Å²) in [7, 11) is 2.07. The van der Waals surface area contributed by atoms with Crippen LogP contribution >= 0.6 is 11.8 Å². The molecule has 0 spiro atoms. The molecule has 4 heteroatoms. The van der Waals surface area contributed by atoms with Crippen LogP contribution in [0.3, 0.4) is 0 Å². The summed E-state index contributed by atoms with van der Waals surface area (Å²) >= 11 is 1.85. The highest BCUT2D eigenvalue weighted by molar-refractivity contribution is 7.98. The van der Waals surface area contributed by atoms with E-state index in [1.54, 1.807) is 6.07 Å². The smallest absolute Gasteiger partial charge is 0.123 e. The Bertz CT molecular complexity index is 371. The van der Waals surface area contributed by atoms with Gasteiger partial charge in [-0.2, -0.15) is 11.8 Å². The predicted octanol–water partition coefficient (Wildman–Crippen LogP) is 2.90. The number of hydrogen-bond acceptors (Lipinski definition) is 3. The molecule has 0 amide bonds. The molecular weight excluding hydrogens is 247 g/mol. The second-order valence-electron chi connectivity index (χ2n) is 4.55. The number of halogens is 1. The van der Waals surface area contributed by atoms with Gasteiger partial charge in [0.15, 0.2) is 0 Å². The molecule has 0 fully saturated rings. The molecule has 0 bridgehead atoms. The van der Waals surface area contributed by atoms with E-state index >= 15 is 0 Å². The van der Waals surface area contributed by atoms with Crippen LogP contribution in [0.15, 0.2) is 18.2 Å². The van der Waals surface area contributed by atoms with E-state index in [2.05, 4.69) is 25.1 Å². The average molecular weight is 270 g/mol. The van der Waals surface area contributed by atoms with Crippen LogP contribution in [-0.2, 0) is 6.42 Å². The Kier molecular flexibility index (Phi) is 6.50. The largest absolute Gasteiger partial charge is 0.372 e. The number of hydrogen-bond donors (Lipinski definition) is 1. The van der Waals surface area contributed by atoms with Crippen molar-refractivity contribution in [3.8, 4) is 0 Å². The lowest BCUT2D eigenvalue weighted by Gasteiger charge is -2.29. The molecule has 0 aliphatic carbocycles. The number of nitrogens with zero attached hydrogens (tertiary/aromatic N) is 1. The number of thioether (sulfide) groups is 1. The summed E-state index contributed by atoms with van der Waals surface area (Å²) in [5.41, 5.74) is 7.68. The molecule has 0 saturated carbocycles. The zero-order valence-corrected chi connectivity index (χ0v) is 12.3. The van der Waals surface area contributed by atoms with E-state index < -0.39 is 0 Å². The van der Waals surface area contributed by atoms with Gasteiger partial charge in [0.1, 0.15) is 5.82 Å². The number of nitrogens with two attached hydrogens (primary N) is 1. The molecule has 0 aliphatic rings. The van der Waals surface area contributed by atoms with Crippen LogP contribution in [0.4, 0.5) is 10.1 Å². The summed E-state index contributed by atoms with van der Waals surface area (Å²) in [6.07, 6.45) is 3.95. The van der Waals surface area contributed by atoms with Crippen LogP contribution < -0.4 is 10.6 Å². The second kappa shape index (κ2) is 7.64. The van der Waals surface area contributed by atoms with E-state index in [9.17, 15) is 4.39 Å². The van der Waals surface area contributed by atoms with Crippen molar-refractivity contribution in [2.75, 3.05) is 30.5 Å². The van der Waals surface area contributed by atoms with E-state index in [4.69, 9.17) is 5.73 Å². The van der Waals surface area contributed by atoms with E-state index in [0.29, 0.717) is 19.0 Å². The van der Waals surface area contributed by atoms with Gasteiger partial charge in [-0.15, -0.1) is 0 Å². The minimum absolute atomic E-state index is 0.188. The molecule has 102 valence electrons. The van der Waals surface area contributed by atoms with Crippen molar-refractivity contribution in [3.05, 3.63) is 29.6 Å². The maximum Gasteiger partial charge on any atom is 0.123 e. The summed E-state index contributed by atoms with van der Waals surface area (Å²) in [5.74, 6) is 0.950. The van der Waals surface area contributed by atoms with Crippen LogP contribution in [0.25, 0.3) is 0 Å². The van der Waals surface area contributed by atoms with Gasteiger partial charge in [-0.25, -0.2) is 4.39 Å². The van der Waals surface area contributed by atoms with Crippen molar-refractivity contribution < 1.29 is 4.39 Å². The van der Waals surface area contributed by atoms with Crippen LogP contribution in [0.2, 0.25) is 0 Å². The third-order valence-corrected chi connectivity index (χ3v) is 3.88. The van der Waals surface area contributed by atoms with Gasteiger partial charge in [0.25, 0.3) is 0 Å². The first kappa shape index (κ1) is 15.3. The third-order valence-electron chi connectivity index (χ3n) is 3.24. The zero-order valence-electron chi connectivity index (χ0n) is 11.4. The summed E-state index contributed by atoms with van der Waals surface area (Å²) < 4.78 is 13.3. The summed E-state index contributed by atoms with van der Waals surface area (Å²) in [5, 5.41) is 0. The monoisotopic (exact) mass is 270 g/mol. The highest BCUT2D eigenvalue weighted by atomic mass is 32.2. The molecular formula is C14H23FN2S. The van der Waals surface area contributed by atoms with Crippen molar-refractivity contribution in [2.45, 2.75) is 25.8 Å². The average Bonchev–Trinajstić information content (AvgIpc) is 2.36. The van der Waals surface area contributed by atoms with Crippen molar-refractivity contribution in [3.63, 3.8) is 0 Å². The molecule has 18 heavy (non-hydrogen) atoms. The lowest BCUT2D eigenvalue weighted by Crippen LogP contribution is -2.30.